The predicted octanol–water partition coefficient (Wildman–Crippen LogP) is 1.72. The van der Waals surface area contributed by atoms with Crippen LogP contribution in [0.3, 0.4) is 0 Å². The van der Waals surface area contributed by atoms with Gasteiger partial charge in [-0.25, -0.2) is 4.98 Å². The highest BCUT2D eigenvalue weighted by atomic mass is 32.1. The Morgan fingerprint density at radius 1 is 1.37 bits per heavy atom. The smallest absolute Gasteiger partial charge is 0.234 e. The minimum atomic E-state index is -0.132. The van der Waals surface area contributed by atoms with E-state index in [1.54, 1.807) is 6.20 Å². The zero-order valence-electron chi connectivity index (χ0n) is 11.3. The number of likely N-dealkylation sites (tertiary alicyclic amines) is 1. The summed E-state index contributed by atoms with van der Waals surface area (Å²) in [5.74, 6) is -0.223. The Kier molecular flexibility index (Phi) is 2.67. The second-order valence-corrected chi connectivity index (χ2v) is 6.82. The zero-order valence-corrected chi connectivity index (χ0v) is 12.1. The molecular weight excluding hydrogens is 262 g/mol. The van der Waals surface area contributed by atoms with Gasteiger partial charge >= 0.3 is 0 Å². The van der Waals surface area contributed by atoms with Crippen LogP contribution in [0, 0.1) is 17.3 Å². The predicted molar refractivity (Wildman–Crippen MR) is 72.6 cm³/mol. The normalized spacial score (nSPS) is 27.6. The highest BCUT2D eigenvalue weighted by Crippen LogP contribution is 2.63. The lowest BCUT2D eigenvalue weighted by molar-refractivity contribution is -0.143. The summed E-state index contributed by atoms with van der Waals surface area (Å²) in [5.41, 5.74) is -0.132. The Morgan fingerprint density at radius 2 is 2.00 bits per heavy atom. The number of carbonyl (C=O) groups is 2. The van der Waals surface area contributed by atoms with E-state index in [1.165, 1.54) is 16.2 Å². The molecule has 3 rings (SSSR count). The Morgan fingerprint density at radius 3 is 2.58 bits per heavy atom. The lowest BCUT2D eigenvalue weighted by atomic mass is 10.1. The molecule has 2 heterocycles. The van der Waals surface area contributed by atoms with E-state index in [4.69, 9.17) is 0 Å². The number of piperidine rings is 1. The highest BCUT2D eigenvalue weighted by molar-refractivity contribution is 7.15. The molecule has 5 nitrogen and oxygen atoms in total. The van der Waals surface area contributed by atoms with E-state index >= 15 is 0 Å². The van der Waals surface area contributed by atoms with Gasteiger partial charge in [-0.15, -0.1) is 11.3 Å². The van der Waals surface area contributed by atoms with Crippen molar-refractivity contribution in [3.05, 3.63) is 11.1 Å². The molecule has 1 N–H and O–H groups in total. The molecule has 1 saturated heterocycles. The van der Waals surface area contributed by atoms with Gasteiger partial charge in [-0.3, -0.25) is 14.5 Å². The van der Waals surface area contributed by atoms with Crippen LogP contribution in [0.15, 0.2) is 6.20 Å². The SMILES string of the molecule is CCNc1ncc(CN2C(=O)C3C(C2=O)C3(C)C)s1. The topological polar surface area (TPSA) is 62.3 Å². The number of aromatic nitrogens is 1. The third-order valence-corrected chi connectivity index (χ3v) is 5.03. The molecule has 0 radical (unpaired) electrons. The van der Waals surface area contributed by atoms with Crippen LogP contribution < -0.4 is 5.32 Å². The summed E-state index contributed by atoms with van der Waals surface area (Å²) in [7, 11) is 0. The number of carbonyl (C=O) groups excluding carboxylic acids is 2. The van der Waals surface area contributed by atoms with Crippen molar-refractivity contribution < 1.29 is 9.59 Å². The number of thiazole rings is 1. The van der Waals surface area contributed by atoms with Crippen molar-refractivity contribution in [2.75, 3.05) is 11.9 Å². The maximum atomic E-state index is 12.2. The van der Waals surface area contributed by atoms with Crippen LogP contribution in [0.4, 0.5) is 5.13 Å². The molecule has 6 heteroatoms. The third kappa shape index (κ3) is 1.77. The number of nitrogens with one attached hydrogen (secondary N) is 1. The molecule has 1 aromatic rings. The van der Waals surface area contributed by atoms with Crippen molar-refractivity contribution in [2.45, 2.75) is 27.3 Å². The molecule has 2 amide bonds. The van der Waals surface area contributed by atoms with Gasteiger partial charge in [0.15, 0.2) is 5.13 Å². The summed E-state index contributed by atoms with van der Waals surface area (Å²) in [6.07, 6.45) is 1.73. The number of hydrogen-bond donors (Lipinski definition) is 1. The van der Waals surface area contributed by atoms with E-state index in [0.717, 1.165) is 16.6 Å². The van der Waals surface area contributed by atoms with Gasteiger partial charge in [-0.1, -0.05) is 13.8 Å². The van der Waals surface area contributed by atoms with E-state index in [0.29, 0.717) is 6.54 Å². The molecule has 0 aromatic carbocycles. The van der Waals surface area contributed by atoms with Gasteiger partial charge in [-0.05, 0) is 12.3 Å². The molecule has 1 aromatic heterocycles. The van der Waals surface area contributed by atoms with Crippen LogP contribution in [0.1, 0.15) is 25.6 Å². The molecule has 19 heavy (non-hydrogen) atoms. The summed E-state index contributed by atoms with van der Waals surface area (Å²) in [6.45, 7) is 7.16. The summed E-state index contributed by atoms with van der Waals surface area (Å²) < 4.78 is 0. The molecule has 0 bridgehead atoms. The molecule has 1 saturated carbocycles. The van der Waals surface area contributed by atoms with Gasteiger partial charge in [0.1, 0.15) is 0 Å². The second-order valence-electron chi connectivity index (χ2n) is 5.70. The summed E-state index contributed by atoms with van der Waals surface area (Å²) in [6, 6.07) is 0. The number of nitrogens with zero attached hydrogens (tertiary/aromatic N) is 2. The van der Waals surface area contributed by atoms with Crippen molar-refractivity contribution in [1.29, 1.82) is 0 Å². The largest absolute Gasteiger partial charge is 0.362 e. The van der Waals surface area contributed by atoms with E-state index < -0.39 is 0 Å². The molecule has 1 aliphatic heterocycles. The average Bonchev–Trinajstić information content (AvgIpc) is 2.64. The maximum Gasteiger partial charge on any atom is 0.234 e. The first-order valence-electron chi connectivity index (χ1n) is 6.50. The van der Waals surface area contributed by atoms with Crippen LogP contribution in [0.25, 0.3) is 0 Å². The quantitative estimate of drug-likeness (QED) is 0.852. The maximum absolute atomic E-state index is 12.2. The molecule has 2 aliphatic rings. The molecule has 2 unspecified atom stereocenters. The van der Waals surface area contributed by atoms with E-state index in [1.807, 2.05) is 20.8 Å². The number of fused-ring (bicyclic) bond motifs is 1. The van der Waals surface area contributed by atoms with Gasteiger partial charge in [0.05, 0.1) is 18.4 Å². The molecule has 1 aliphatic carbocycles. The number of anilines is 1. The van der Waals surface area contributed by atoms with Gasteiger partial charge < -0.3 is 5.32 Å². The highest BCUT2D eigenvalue weighted by Gasteiger charge is 2.72. The fraction of sp³-hybridized carbons (Fsp3) is 0.615. The molecule has 0 spiro atoms. The minimum absolute atomic E-state index is 0.0154. The van der Waals surface area contributed by atoms with Crippen molar-refractivity contribution in [3.8, 4) is 0 Å². The van der Waals surface area contributed by atoms with Crippen LogP contribution in [-0.4, -0.2) is 28.2 Å². The van der Waals surface area contributed by atoms with Crippen molar-refractivity contribution in [3.63, 3.8) is 0 Å². The van der Waals surface area contributed by atoms with E-state index in [2.05, 4.69) is 10.3 Å². The number of rotatable bonds is 4. The van der Waals surface area contributed by atoms with Crippen molar-refractivity contribution in [2.24, 2.45) is 17.3 Å². The standard InChI is InChI=1S/C13H17N3O2S/c1-4-14-12-15-5-7(19-12)6-16-10(17)8-9(11(16)18)13(8,2)3/h5,8-9H,4,6H2,1-3H3,(H,14,15). The van der Waals surface area contributed by atoms with Crippen LogP contribution >= 0.6 is 11.3 Å². The molecule has 2 fully saturated rings. The van der Waals surface area contributed by atoms with Crippen LogP contribution in [-0.2, 0) is 16.1 Å². The van der Waals surface area contributed by atoms with E-state index in [9.17, 15) is 9.59 Å². The Bertz CT molecular complexity index is 528. The number of imide groups is 1. The number of hydrogen-bond acceptors (Lipinski definition) is 5. The first-order chi connectivity index (χ1) is 8.96. The van der Waals surface area contributed by atoms with Crippen molar-refractivity contribution in [1.82, 2.24) is 9.88 Å². The van der Waals surface area contributed by atoms with Crippen molar-refractivity contribution >= 4 is 28.3 Å². The Labute approximate surface area is 116 Å². The number of amides is 2. The second kappa shape index (κ2) is 4.03. The Hall–Kier alpha value is -1.43. The average molecular weight is 279 g/mol. The third-order valence-electron chi connectivity index (χ3n) is 4.09. The Balaban J connectivity index is 1.71. The van der Waals surface area contributed by atoms with E-state index in [-0.39, 0.29) is 29.1 Å². The van der Waals surface area contributed by atoms with Crippen LogP contribution in [0.2, 0.25) is 0 Å². The fourth-order valence-electron chi connectivity index (χ4n) is 2.93. The first kappa shape index (κ1) is 12.6. The molecular formula is C13H17N3O2S. The molecule has 2 atom stereocenters. The van der Waals surface area contributed by atoms with Gasteiger partial charge in [-0.2, -0.15) is 0 Å². The lowest BCUT2D eigenvalue weighted by Gasteiger charge is -2.19. The first-order valence-corrected chi connectivity index (χ1v) is 7.32. The zero-order chi connectivity index (χ0) is 13.8. The fourth-order valence-corrected chi connectivity index (χ4v) is 3.80. The molecule has 102 valence electrons. The van der Waals surface area contributed by atoms with Gasteiger partial charge in [0.2, 0.25) is 11.8 Å². The summed E-state index contributed by atoms with van der Waals surface area (Å²) in [5, 5.41) is 3.96. The summed E-state index contributed by atoms with van der Waals surface area (Å²) >= 11 is 1.50. The van der Waals surface area contributed by atoms with Gasteiger partial charge in [0, 0.05) is 17.6 Å². The van der Waals surface area contributed by atoms with Crippen LogP contribution in [0.5, 0.6) is 0 Å². The van der Waals surface area contributed by atoms with Gasteiger partial charge in [0.25, 0.3) is 0 Å². The minimum Gasteiger partial charge on any atom is -0.362 e. The summed E-state index contributed by atoms with van der Waals surface area (Å²) in [4.78, 5) is 30.9. The monoisotopic (exact) mass is 279 g/mol. The lowest BCUT2D eigenvalue weighted by Crippen LogP contribution is -2.35.